The van der Waals surface area contributed by atoms with Gasteiger partial charge in [-0.15, -0.1) is 0 Å². The number of esters is 1. The van der Waals surface area contributed by atoms with Crippen LogP contribution in [0.4, 0.5) is 0 Å². The summed E-state index contributed by atoms with van der Waals surface area (Å²) in [5.74, 6) is 1.02. The predicted octanol–water partition coefficient (Wildman–Crippen LogP) is 4.11. The van der Waals surface area contributed by atoms with Crippen molar-refractivity contribution in [3.8, 4) is 0 Å². The van der Waals surface area contributed by atoms with E-state index in [-0.39, 0.29) is 23.4 Å². The molecule has 132 valence electrons. The van der Waals surface area contributed by atoms with E-state index in [4.69, 9.17) is 9.15 Å². The molecule has 1 heterocycles. The first-order chi connectivity index (χ1) is 11.3. The van der Waals surface area contributed by atoms with Gasteiger partial charge in [0.25, 0.3) is 0 Å². The van der Waals surface area contributed by atoms with Crippen LogP contribution in [0.2, 0.25) is 0 Å². The number of carbonyl (C=O) groups is 1. The third-order valence-electron chi connectivity index (χ3n) is 6.58. The minimum Gasteiger partial charge on any atom is -0.469 e. The second-order valence-corrected chi connectivity index (χ2v) is 7.73. The Labute approximate surface area is 143 Å². The highest BCUT2D eigenvalue weighted by molar-refractivity contribution is 5.87. The molecule has 1 fully saturated rings. The third kappa shape index (κ3) is 2.43. The van der Waals surface area contributed by atoms with E-state index in [2.05, 4.69) is 13.8 Å². The van der Waals surface area contributed by atoms with E-state index >= 15 is 0 Å². The number of ether oxygens (including phenoxy) is 1. The fourth-order valence-corrected chi connectivity index (χ4v) is 4.55. The number of hydrogen-bond donors (Lipinski definition) is 1. The zero-order chi connectivity index (χ0) is 17.6. The fraction of sp³-hybridized carbons (Fsp3) is 0.650. The van der Waals surface area contributed by atoms with Gasteiger partial charge in [-0.05, 0) is 45.1 Å². The van der Waals surface area contributed by atoms with Crippen molar-refractivity contribution in [3.63, 3.8) is 0 Å². The Kier molecular flexibility index (Phi) is 4.37. The summed E-state index contributed by atoms with van der Waals surface area (Å²) >= 11 is 0. The quantitative estimate of drug-likeness (QED) is 0.654. The molecule has 0 amide bonds. The first-order valence-electron chi connectivity index (χ1n) is 8.89. The number of furan rings is 1. The molecule has 2 aliphatic rings. The molecule has 4 heteroatoms. The van der Waals surface area contributed by atoms with Crippen molar-refractivity contribution >= 4 is 5.97 Å². The standard InChI is InChI=1S/C20H28O4/c1-6-11(2)19(22)24-15-8-7-13(4)20(5)14(15)9-16-17(18(20)21)12(3)10-23-16/h6,10,13-15,18,21H,7-9H2,1-5H3/b11-6+/t13-,14-,15+,18+,20+/m0/s1. The Bertz CT molecular complexity index is 671. The van der Waals surface area contributed by atoms with Gasteiger partial charge in [0.1, 0.15) is 11.9 Å². The number of hydrogen-bond acceptors (Lipinski definition) is 4. The van der Waals surface area contributed by atoms with Gasteiger partial charge in [-0.2, -0.15) is 0 Å². The summed E-state index contributed by atoms with van der Waals surface area (Å²) in [6.07, 6.45) is 5.25. The van der Waals surface area contributed by atoms with Crippen molar-refractivity contribution in [2.75, 3.05) is 0 Å². The summed E-state index contributed by atoms with van der Waals surface area (Å²) in [4.78, 5) is 12.3. The smallest absolute Gasteiger partial charge is 0.333 e. The molecule has 0 bridgehead atoms. The Balaban J connectivity index is 1.96. The van der Waals surface area contributed by atoms with E-state index in [0.29, 0.717) is 17.9 Å². The maximum Gasteiger partial charge on any atom is 0.333 e. The highest BCUT2D eigenvalue weighted by Crippen LogP contribution is 2.58. The number of allylic oxidation sites excluding steroid dienone is 1. The molecule has 0 saturated heterocycles. The minimum atomic E-state index is -0.579. The molecule has 5 atom stereocenters. The van der Waals surface area contributed by atoms with Crippen LogP contribution in [0.3, 0.4) is 0 Å². The van der Waals surface area contributed by atoms with Gasteiger partial charge in [-0.3, -0.25) is 0 Å². The maximum absolute atomic E-state index is 12.3. The molecular weight excluding hydrogens is 304 g/mol. The van der Waals surface area contributed by atoms with E-state index in [1.807, 2.05) is 13.8 Å². The van der Waals surface area contributed by atoms with Crippen LogP contribution >= 0.6 is 0 Å². The van der Waals surface area contributed by atoms with Crippen LogP contribution in [-0.2, 0) is 16.0 Å². The Morgan fingerprint density at radius 1 is 1.46 bits per heavy atom. The molecule has 4 nitrogen and oxygen atoms in total. The molecule has 1 N–H and O–H groups in total. The first-order valence-corrected chi connectivity index (χ1v) is 8.89. The molecule has 0 unspecified atom stereocenters. The molecule has 0 aliphatic heterocycles. The molecular formula is C20H28O4. The summed E-state index contributed by atoms with van der Waals surface area (Å²) < 4.78 is 11.5. The van der Waals surface area contributed by atoms with Crippen LogP contribution in [0.15, 0.2) is 22.3 Å². The summed E-state index contributed by atoms with van der Waals surface area (Å²) in [6.45, 7) is 9.94. The molecule has 1 saturated carbocycles. The Hall–Kier alpha value is -1.55. The zero-order valence-electron chi connectivity index (χ0n) is 15.3. The summed E-state index contributed by atoms with van der Waals surface area (Å²) in [7, 11) is 0. The number of aryl methyl sites for hydroxylation is 1. The van der Waals surface area contributed by atoms with Crippen molar-refractivity contribution in [1.29, 1.82) is 0 Å². The second-order valence-electron chi connectivity index (χ2n) is 7.73. The van der Waals surface area contributed by atoms with Gasteiger partial charge in [-0.25, -0.2) is 4.79 Å². The normalized spacial score (nSPS) is 36.0. The van der Waals surface area contributed by atoms with Crippen LogP contribution in [0.25, 0.3) is 0 Å². The van der Waals surface area contributed by atoms with Crippen molar-refractivity contribution in [2.45, 2.75) is 66.1 Å². The monoisotopic (exact) mass is 332 g/mol. The fourth-order valence-electron chi connectivity index (χ4n) is 4.55. The zero-order valence-corrected chi connectivity index (χ0v) is 15.3. The van der Waals surface area contributed by atoms with Crippen LogP contribution in [0.1, 0.15) is 63.5 Å². The van der Waals surface area contributed by atoms with Crippen molar-refractivity contribution in [2.24, 2.45) is 17.3 Å². The molecule has 3 rings (SSSR count). The molecule has 24 heavy (non-hydrogen) atoms. The van der Waals surface area contributed by atoms with Crippen LogP contribution in [0, 0.1) is 24.2 Å². The van der Waals surface area contributed by atoms with E-state index in [9.17, 15) is 9.90 Å². The Morgan fingerprint density at radius 3 is 2.83 bits per heavy atom. The van der Waals surface area contributed by atoms with Gasteiger partial charge < -0.3 is 14.3 Å². The molecule has 1 aromatic rings. The molecule has 1 aromatic heterocycles. The highest BCUT2D eigenvalue weighted by Gasteiger charge is 2.56. The van der Waals surface area contributed by atoms with Crippen LogP contribution in [0.5, 0.6) is 0 Å². The van der Waals surface area contributed by atoms with Gasteiger partial charge >= 0.3 is 5.97 Å². The van der Waals surface area contributed by atoms with Crippen molar-refractivity contribution in [1.82, 2.24) is 0 Å². The topological polar surface area (TPSA) is 59.7 Å². The Morgan fingerprint density at radius 2 is 2.17 bits per heavy atom. The number of aliphatic hydroxyl groups is 1. The third-order valence-corrected chi connectivity index (χ3v) is 6.58. The number of rotatable bonds is 2. The lowest BCUT2D eigenvalue weighted by Crippen LogP contribution is -2.53. The molecule has 0 spiro atoms. The predicted molar refractivity (Wildman–Crippen MR) is 91.4 cm³/mol. The molecule has 2 aliphatic carbocycles. The first kappa shape index (κ1) is 17.3. The SMILES string of the molecule is C/C=C(\C)C(=O)O[C@@H]1CC[C@H](C)[C@@]2(C)[C@H](O)c3c(C)coc3C[C@@H]12. The molecule has 0 radical (unpaired) electrons. The van der Waals surface area contributed by atoms with E-state index in [1.165, 1.54) is 0 Å². The van der Waals surface area contributed by atoms with Gasteiger partial charge in [-0.1, -0.05) is 19.9 Å². The van der Waals surface area contributed by atoms with Crippen LogP contribution < -0.4 is 0 Å². The number of fused-ring (bicyclic) bond motifs is 2. The summed E-state index contributed by atoms with van der Waals surface area (Å²) in [6, 6.07) is 0. The van der Waals surface area contributed by atoms with Gasteiger partial charge in [0.2, 0.25) is 0 Å². The van der Waals surface area contributed by atoms with Gasteiger partial charge in [0.15, 0.2) is 0 Å². The summed E-state index contributed by atoms with van der Waals surface area (Å²) in [5.41, 5.74) is 2.26. The lowest BCUT2D eigenvalue weighted by atomic mass is 9.53. The number of carbonyl (C=O) groups excluding carboxylic acids is 1. The highest BCUT2D eigenvalue weighted by atomic mass is 16.5. The second kappa shape index (κ2) is 6.07. The maximum atomic E-state index is 12.3. The van der Waals surface area contributed by atoms with Gasteiger partial charge in [0.05, 0.1) is 12.4 Å². The largest absolute Gasteiger partial charge is 0.469 e. The van der Waals surface area contributed by atoms with Crippen molar-refractivity contribution < 1.29 is 19.1 Å². The average molecular weight is 332 g/mol. The van der Waals surface area contributed by atoms with Crippen molar-refractivity contribution in [3.05, 3.63) is 34.8 Å². The molecule has 0 aromatic carbocycles. The van der Waals surface area contributed by atoms with Crippen LogP contribution in [-0.4, -0.2) is 17.2 Å². The lowest BCUT2D eigenvalue weighted by Gasteiger charge is -2.54. The number of aliphatic hydroxyl groups excluding tert-OH is 1. The van der Waals surface area contributed by atoms with E-state index in [1.54, 1.807) is 19.3 Å². The summed E-state index contributed by atoms with van der Waals surface area (Å²) in [5, 5.41) is 11.2. The minimum absolute atomic E-state index is 0.0721. The van der Waals surface area contributed by atoms with E-state index < -0.39 is 6.10 Å². The lowest BCUT2D eigenvalue weighted by molar-refractivity contribution is -0.170. The average Bonchev–Trinajstić information content (AvgIpc) is 2.93. The van der Waals surface area contributed by atoms with E-state index in [0.717, 1.165) is 29.7 Å². The van der Waals surface area contributed by atoms with Gasteiger partial charge in [0, 0.05) is 28.9 Å².